The predicted octanol–water partition coefficient (Wildman–Crippen LogP) is 1.34. The number of amides is 4. The number of hydrogen-bond acceptors (Lipinski definition) is 4. The first-order valence-corrected chi connectivity index (χ1v) is 7.49. The van der Waals surface area contributed by atoms with Crippen LogP contribution >= 0.6 is 11.6 Å². The smallest absolute Gasteiger partial charge is 0.275 e. The number of aryl methyl sites for hydroxylation is 1. The van der Waals surface area contributed by atoms with E-state index in [1.165, 1.54) is 0 Å². The van der Waals surface area contributed by atoms with Crippen LogP contribution in [0.2, 0.25) is 5.02 Å². The van der Waals surface area contributed by atoms with Crippen LogP contribution in [0.1, 0.15) is 21.7 Å². The number of rotatable bonds is 3. The number of hydrogen-bond donors (Lipinski definition) is 2. The number of hydrazine groups is 1. The van der Waals surface area contributed by atoms with Gasteiger partial charge in [0.2, 0.25) is 5.91 Å². The summed E-state index contributed by atoms with van der Waals surface area (Å²) in [6.45, 7) is 3.47. The number of nitrogens with zero attached hydrogens (tertiary/aromatic N) is 3. The third kappa shape index (κ3) is 2.83. The van der Waals surface area contributed by atoms with Crippen molar-refractivity contribution in [2.45, 2.75) is 13.8 Å². The maximum Gasteiger partial charge on any atom is 0.343 e. The number of aromatic nitrogens is 2. The summed E-state index contributed by atoms with van der Waals surface area (Å²) in [4.78, 5) is 34.7. The number of urea groups is 1. The second-order valence-corrected chi connectivity index (χ2v) is 5.70. The van der Waals surface area contributed by atoms with Crippen molar-refractivity contribution in [2.24, 2.45) is 0 Å². The van der Waals surface area contributed by atoms with Crippen molar-refractivity contribution in [3.05, 3.63) is 46.2 Å². The molecular weight excluding hydrogens is 334 g/mol. The number of benzene rings is 1. The van der Waals surface area contributed by atoms with Crippen molar-refractivity contribution < 1.29 is 14.4 Å². The van der Waals surface area contributed by atoms with Gasteiger partial charge in [-0.25, -0.2) is 14.5 Å². The lowest BCUT2D eigenvalue weighted by Crippen LogP contribution is -2.44. The zero-order valence-electron chi connectivity index (χ0n) is 13.0. The average Bonchev–Trinajstić information content (AvgIpc) is 3.00. The van der Waals surface area contributed by atoms with E-state index in [1.807, 2.05) is 13.8 Å². The largest absolute Gasteiger partial charge is 0.343 e. The number of carbonyl (C=O) groups excluding carboxylic acids is 3. The Labute approximate surface area is 142 Å². The van der Waals surface area contributed by atoms with Gasteiger partial charge in [-0.15, -0.1) is 0 Å². The molecule has 1 aromatic carbocycles. The molecule has 0 atom stereocenters. The summed E-state index contributed by atoms with van der Waals surface area (Å²) in [5, 5.41) is 7.95. The van der Waals surface area contributed by atoms with Crippen LogP contribution < -0.4 is 10.7 Å². The van der Waals surface area contributed by atoms with Crippen molar-refractivity contribution >= 4 is 29.4 Å². The maximum absolute atomic E-state index is 12.1. The van der Waals surface area contributed by atoms with Gasteiger partial charge in [-0.3, -0.25) is 20.3 Å². The Morgan fingerprint density at radius 1 is 1.25 bits per heavy atom. The Balaban J connectivity index is 1.77. The van der Waals surface area contributed by atoms with Crippen molar-refractivity contribution in [1.29, 1.82) is 0 Å². The Morgan fingerprint density at radius 2 is 1.92 bits per heavy atom. The van der Waals surface area contributed by atoms with Gasteiger partial charge >= 0.3 is 6.03 Å². The highest BCUT2D eigenvalue weighted by Gasteiger charge is 2.28. The summed E-state index contributed by atoms with van der Waals surface area (Å²) in [5.74, 6) is -0.949. The zero-order chi connectivity index (χ0) is 17.4. The Kier molecular flexibility index (Phi) is 3.98. The van der Waals surface area contributed by atoms with Crippen LogP contribution in [0.5, 0.6) is 0 Å². The number of carbonyl (C=O) groups is 3. The quantitative estimate of drug-likeness (QED) is 0.819. The second-order valence-electron chi connectivity index (χ2n) is 5.32. The first kappa shape index (κ1) is 16.0. The fourth-order valence-corrected chi connectivity index (χ4v) is 2.47. The number of nitrogens with one attached hydrogen (secondary N) is 2. The minimum atomic E-state index is -0.651. The summed E-state index contributed by atoms with van der Waals surface area (Å²) in [6.07, 6.45) is 0. The summed E-state index contributed by atoms with van der Waals surface area (Å²) < 4.78 is 1.69. The van der Waals surface area contributed by atoms with Gasteiger partial charge in [0.1, 0.15) is 6.54 Å². The molecule has 2 heterocycles. The van der Waals surface area contributed by atoms with E-state index >= 15 is 0 Å². The normalized spacial score (nSPS) is 14.0. The summed E-state index contributed by atoms with van der Waals surface area (Å²) >= 11 is 6.13. The third-order valence-electron chi connectivity index (χ3n) is 3.61. The minimum absolute atomic E-state index is 0.201. The van der Waals surface area contributed by atoms with Gasteiger partial charge in [0.25, 0.3) is 5.91 Å². The van der Waals surface area contributed by atoms with Crippen LogP contribution in [0.15, 0.2) is 24.3 Å². The molecule has 2 N–H and O–H groups in total. The molecule has 2 aromatic rings. The SMILES string of the molecule is Cc1nn(-c2ccc(C(=O)NN3CC(=O)NC3=O)cc2)c(C)c1Cl. The van der Waals surface area contributed by atoms with Crippen molar-refractivity contribution in [3.63, 3.8) is 0 Å². The monoisotopic (exact) mass is 347 g/mol. The molecule has 24 heavy (non-hydrogen) atoms. The van der Waals surface area contributed by atoms with E-state index < -0.39 is 17.8 Å². The molecule has 3 rings (SSSR count). The topological polar surface area (TPSA) is 96.3 Å². The molecule has 1 fully saturated rings. The van der Waals surface area contributed by atoms with Gasteiger partial charge in [-0.2, -0.15) is 5.10 Å². The highest BCUT2D eigenvalue weighted by Crippen LogP contribution is 2.22. The molecule has 0 bridgehead atoms. The highest BCUT2D eigenvalue weighted by atomic mass is 35.5. The Bertz CT molecular complexity index is 844. The molecule has 1 saturated heterocycles. The van der Waals surface area contributed by atoms with E-state index in [-0.39, 0.29) is 6.54 Å². The van der Waals surface area contributed by atoms with Gasteiger partial charge in [-0.1, -0.05) is 11.6 Å². The molecule has 124 valence electrons. The zero-order valence-corrected chi connectivity index (χ0v) is 13.7. The van der Waals surface area contributed by atoms with Gasteiger partial charge in [0.15, 0.2) is 0 Å². The van der Waals surface area contributed by atoms with Crippen molar-refractivity contribution in [3.8, 4) is 5.69 Å². The first-order valence-electron chi connectivity index (χ1n) is 7.11. The molecule has 0 radical (unpaired) electrons. The van der Waals surface area contributed by atoms with E-state index in [2.05, 4.69) is 15.8 Å². The number of halogens is 1. The van der Waals surface area contributed by atoms with E-state index in [0.29, 0.717) is 10.6 Å². The van der Waals surface area contributed by atoms with E-state index in [1.54, 1.807) is 28.9 Å². The van der Waals surface area contributed by atoms with Crippen LogP contribution in [0, 0.1) is 13.8 Å². The lowest BCUT2D eigenvalue weighted by molar-refractivity contribution is -0.118. The van der Waals surface area contributed by atoms with Crippen LogP contribution in [0.25, 0.3) is 5.69 Å². The second kappa shape index (κ2) is 5.97. The van der Waals surface area contributed by atoms with Gasteiger partial charge in [0, 0.05) is 5.56 Å². The molecule has 0 aliphatic carbocycles. The van der Waals surface area contributed by atoms with Gasteiger partial charge in [0.05, 0.1) is 22.1 Å². The van der Waals surface area contributed by atoms with E-state index in [0.717, 1.165) is 22.1 Å². The molecule has 1 aromatic heterocycles. The summed E-state index contributed by atoms with van der Waals surface area (Å²) in [7, 11) is 0. The number of imide groups is 1. The molecule has 1 aliphatic heterocycles. The molecule has 4 amide bonds. The maximum atomic E-state index is 12.1. The van der Waals surface area contributed by atoms with Gasteiger partial charge < -0.3 is 0 Å². The van der Waals surface area contributed by atoms with Crippen LogP contribution in [0.4, 0.5) is 4.79 Å². The fraction of sp³-hybridized carbons (Fsp3) is 0.200. The Morgan fingerprint density at radius 3 is 2.42 bits per heavy atom. The average molecular weight is 348 g/mol. The summed E-state index contributed by atoms with van der Waals surface area (Å²) in [5.41, 5.74) is 5.01. The molecule has 0 spiro atoms. The lowest BCUT2D eigenvalue weighted by atomic mass is 10.2. The molecule has 1 aliphatic rings. The molecular formula is C15H14ClN5O3. The molecule has 9 heteroatoms. The van der Waals surface area contributed by atoms with Crippen LogP contribution in [-0.4, -0.2) is 39.2 Å². The van der Waals surface area contributed by atoms with Crippen molar-refractivity contribution in [2.75, 3.05) is 6.54 Å². The van der Waals surface area contributed by atoms with E-state index in [4.69, 9.17) is 11.6 Å². The van der Waals surface area contributed by atoms with Crippen LogP contribution in [-0.2, 0) is 4.79 Å². The molecule has 0 unspecified atom stereocenters. The predicted molar refractivity (Wildman–Crippen MR) is 85.8 cm³/mol. The molecule has 0 saturated carbocycles. The summed E-state index contributed by atoms with van der Waals surface area (Å²) in [6, 6.07) is 6.00. The first-order chi connectivity index (χ1) is 11.4. The standard InChI is InChI=1S/C15H14ClN5O3/c1-8-13(16)9(2)21(18-8)11-5-3-10(4-6-11)14(23)19-20-7-12(22)17-15(20)24/h3-6H,7H2,1-2H3,(H,19,23)(H,17,22,24). The fourth-order valence-electron chi connectivity index (χ4n) is 2.35. The Hall–Kier alpha value is -2.87. The third-order valence-corrected chi connectivity index (χ3v) is 4.15. The molecule has 8 nitrogen and oxygen atoms in total. The van der Waals surface area contributed by atoms with Gasteiger partial charge in [-0.05, 0) is 38.1 Å². The minimum Gasteiger partial charge on any atom is -0.275 e. The van der Waals surface area contributed by atoms with E-state index in [9.17, 15) is 14.4 Å². The lowest BCUT2D eigenvalue weighted by Gasteiger charge is -2.14. The highest BCUT2D eigenvalue weighted by molar-refractivity contribution is 6.31. The van der Waals surface area contributed by atoms with Crippen LogP contribution in [0.3, 0.4) is 0 Å². The van der Waals surface area contributed by atoms with Crippen molar-refractivity contribution in [1.82, 2.24) is 25.5 Å².